The van der Waals surface area contributed by atoms with Gasteiger partial charge in [0.1, 0.15) is 11.3 Å². The summed E-state index contributed by atoms with van der Waals surface area (Å²) in [7, 11) is 0. The molecule has 2 atom stereocenters. The highest BCUT2D eigenvalue weighted by Gasteiger charge is 2.54. The van der Waals surface area contributed by atoms with Crippen LogP contribution < -0.4 is 0 Å². The predicted octanol–water partition coefficient (Wildman–Crippen LogP) is 2.42. The van der Waals surface area contributed by atoms with Crippen LogP contribution in [0.2, 0.25) is 0 Å². The summed E-state index contributed by atoms with van der Waals surface area (Å²) in [6, 6.07) is 12.6. The van der Waals surface area contributed by atoms with E-state index in [9.17, 15) is 29.7 Å². The summed E-state index contributed by atoms with van der Waals surface area (Å²) in [4.78, 5) is 36.9. The first-order valence-electron chi connectivity index (χ1n) is 8.82. The summed E-state index contributed by atoms with van der Waals surface area (Å²) in [6.45, 7) is 2.74. The van der Waals surface area contributed by atoms with Gasteiger partial charge < -0.3 is 15.3 Å². The number of aliphatic carboxylic acids is 2. The predicted molar refractivity (Wildman–Crippen MR) is 102 cm³/mol. The lowest BCUT2D eigenvalue weighted by molar-refractivity contribution is -0.160. The lowest BCUT2D eigenvalue weighted by Gasteiger charge is -2.35. The van der Waals surface area contributed by atoms with Gasteiger partial charge in [-0.3, -0.25) is 14.4 Å². The molecular formula is C22H20O6. The van der Waals surface area contributed by atoms with Gasteiger partial charge in [0.05, 0.1) is 0 Å². The van der Waals surface area contributed by atoms with Crippen LogP contribution in [0.5, 0.6) is 0 Å². The number of hydrogen-bond donors (Lipinski definition) is 3. The molecule has 3 N–H and O–H groups in total. The highest BCUT2D eigenvalue weighted by Crippen LogP contribution is 2.46. The van der Waals surface area contributed by atoms with E-state index in [-0.39, 0.29) is 5.56 Å². The molecule has 0 saturated carbocycles. The van der Waals surface area contributed by atoms with Gasteiger partial charge in [0, 0.05) is 6.61 Å². The van der Waals surface area contributed by atoms with Crippen LogP contribution in [-0.4, -0.2) is 39.6 Å². The van der Waals surface area contributed by atoms with Crippen molar-refractivity contribution in [3.8, 4) is 11.1 Å². The summed E-state index contributed by atoms with van der Waals surface area (Å²) >= 11 is 0. The van der Waals surface area contributed by atoms with Gasteiger partial charge in [-0.25, -0.2) is 0 Å². The molecule has 0 amide bonds. The molecule has 0 bridgehead atoms. The van der Waals surface area contributed by atoms with E-state index in [0.717, 1.165) is 22.8 Å². The van der Waals surface area contributed by atoms with Crippen molar-refractivity contribution in [1.29, 1.82) is 0 Å². The summed E-state index contributed by atoms with van der Waals surface area (Å²) in [6.07, 6.45) is 0.841. The lowest BCUT2D eigenvalue weighted by atomic mass is 9.64. The molecule has 6 heteroatoms. The Morgan fingerprint density at radius 3 is 2.36 bits per heavy atom. The van der Waals surface area contributed by atoms with Crippen molar-refractivity contribution in [3.63, 3.8) is 0 Å². The normalized spacial score (nSPS) is 15.0. The second-order valence-corrected chi connectivity index (χ2v) is 6.79. The minimum absolute atomic E-state index is 0.241. The van der Waals surface area contributed by atoms with Crippen LogP contribution in [0, 0.1) is 5.92 Å². The largest absolute Gasteiger partial charge is 0.481 e. The molecule has 0 spiro atoms. The zero-order chi connectivity index (χ0) is 20.5. The van der Waals surface area contributed by atoms with Crippen LogP contribution in [0.1, 0.15) is 23.1 Å². The first-order chi connectivity index (χ1) is 13.4. The fourth-order valence-electron chi connectivity index (χ4n) is 4.22. The first-order valence-corrected chi connectivity index (χ1v) is 8.82. The summed E-state index contributed by atoms with van der Waals surface area (Å²) in [5.41, 5.74) is 1.55. The Hall–Kier alpha value is -3.25. The Balaban J connectivity index is 2.32. The van der Waals surface area contributed by atoms with Crippen LogP contribution in [0.3, 0.4) is 0 Å². The average Bonchev–Trinajstić information content (AvgIpc) is 3.05. The summed E-state index contributed by atoms with van der Waals surface area (Å²) in [5, 5.41) is 29.5. The number of carboxylic acids is 2. The van der Waals surface area contributed by atoms with E-state index in [2.05, 4.69) is 6.58 Å². The third-order valence-corrected chi connectivity index (χ3v) is 5.44. The molecular weight excluding hydrogens is 360 g/mol. The molecule has 144 valence electrons. The first kappa shape index (κ1) is 19.5. The molecule has 28 heavy (non-hydrogen) atoms. The van der Waals surface area contributed by atoms with Gasteiger partial charge in [-0.2, -0.15) is 0 Å². The second-order valence-electron chi connectivity index (χ2n) is 6.79. The standard InChI is InChI=1S/C22H20O6/c1-2-18(24)19(20(25)26)22(10-11-23,21(27)28)17-9-5-8-15-14-7-4-3-6-13(14)12-16(15)17/h2-9,19,23H,1,10-12H2,(H,25,26)(H,27,28). The Morgan fingerprint density at radius 1 is 1.07 bits per heavy atom. The highest BCUT2D eigenvalue weighted by atomic mass is 16.4. The van der Waals surface area contributed by atoms with Crippen molar-refractivity contribution in [3.05, 3.63) is 71.8 Å². The van der Waals surface area contributed by atoms with Crippen molar-refractivity contribution in [2.24, 2.45) is 5.92 Å². The van der Waals surface area contributed by atoms with Gasteiger partial charge in [0.2, 0.25) is 0 Å². The summed E-state index contributed by atoms with van der Waals surface area (Å²) < 4.78 is 0. The van der Waals surface area contributed by atoms with Crippen LogP contribution in [0.25, 0.3) is 11.1 Å². The van der Waals surface area contributed by atoms with Crippen molar-refractivity contribution in [2.45, 2.75) is 18.3 Å². The van der Waals surface area contributed by atoms with Gasteiger partial charge in [-0.1, -0.05) is 49.0 Å². The monoisotopic (exact) mass is 380 g/mol. The Labute approximate surface area is 161 Å². The summed E-state index contributed by atoms with van der Waals surface area (Å²) in [5.74, 6) is -5.83. The number of carbonyl (C=O) groups excluding carboxylic acids is 1. The van der Waals surface area contributed by atoms with Gasteiger partial charge in [-0.15, -0.1) is 0 Å². The molecule has 2 aromatic rings. The third kappa shape index (κ3) is 2.82. The molecule has 3 rings (SSSR count). The molecule has 0 saturated heterocycles. The van der Waals surface area contributed by atoms with E-state index < -0.39 is 42.1 Å². The number of benzene rings is 2. The van der Waals surface area contributed by atoms with Gasteiger partial charge in [-0.05, 0) is 46.7 Å². The minimum Gasteiger partial charge on any atom is -0.481 e. The van der Waals surface area contributed by atoms with E-state index in [1.807, 2.05) is 30.3 Å². The van der Waals surface area contributed by atoms with Gasteiger partial charge >= 0.3 is 11.9 Å². The number of fused-ring (bicyclic) bond motifs is 3. The number of hydrogen-bond acceptors (Lipinski definition) is 4. The van der Waals surface area contributed by atoms with Crippen molar-refractivity contribution in [2.75, 3.05) is 6.61 Å². The molecule has 0 heterocycles. The lowest BCUT2D eigenvalue weighted by Crippen LogP contribution is -2.51. The molecule has 1 aliphatic rings. The maximum Gasteiger partial charge on any atom is 0.315 e. The van der Waals surface area contributed by atoms with Crippen molar-refractivity contribution < 1.29 is 29.7 Å². The maximum absolute atomic E-state index is 12.5. The smallest absolute Gasteiger partial charge is 0.315 e. The highest BCUT2D eigenvalue weighted by molar-refractivity contribution is 6.10. The average molecular weight is 380 g/mol. The molecule has 2 aromatic carbocycles. The number of aliphatic hydroxyl groups is 1. The Kier molecular flexibility index (Phi) is 5.16. The quantitative estimate of drug-likeness (QED) is 0.409. The molecule has 1 aliphatic carbocycles. The number of carboxylic acid groups (broad SMARTS) is 2. The Morgan fingerprint density at radius 2 is 1.75 bits per heavy atom. The number of allylic oxidation sites excluding steroid dienone is 1. The number of carbonyl (C=O) groups is 3. The molecule has 6 nitrogen and oxygen atoms in total. The van der Waals surface area contributed by atoms with Crippen molar-refractivity contribution >= 4 is 17.7 Å². The third-order valence-electron chi connectivity index (χ3n) is 5.44. The number of rotatable bonds is 8. The molecule has 0 aromatic heterocycles. The zero-order valence-corrected chi connectivity index (χ0v) is 15.1. The van der Waals surface area contributed by atoms with Crippen LogP contribution in [0.15, 0.2) is 55.1 Å². The molecule has 0 fully saturated rings. The van der Waals surface area contributed by atoms with E-state index in [1.54, 1.807) is 12.1 Å². The molecule has 0 aliphatic heterocycles. The van der Waals surface area contributed by atoms with Crippen molar-refractivity contribution in [1.82, 2.24) is 0 Å². The number of aliphatic hydroxyl groups excluding tert-OH is 1. The Bertz CT molecular complexity index is 977. The van der Waals surface area contributed by atoms with E-state index in [4.69, 9.17) is 0 Å². The van der Waals surface area contributed by atoms with E-state index in [0.29, 0.717) is 12.0 Å². The van der Waals surface area contributed by atoms with E-state index >= 15 is 0 Å². The topological polar surface area (TPSA) is 112 Å². The van der Waals surface area contributed by atoms with Crippen LogP contribution in [-0.2, 0) is 26.2 Å². The van der Waals surface area contributed by atoms with Crippen LogP contribution in [0.4, 0.5) is 0 Å². The maximum atomic E-state index is 12.5. The molecule has 2 unspecified atom stereocenters. The van der Waals surface area contributed by atoms with Gasteiger partial charge in [0.25, 0.3) is 0 Å². The van der Waals surface area contributed by atoms with Crippen LogP contribution >= 0.6 is 0 Å². The molecule has 0 radical (unpaired) electrons. The SMILES string of the molecule is C=CC(=O)C(C(=O)O)C(CCO)(C(=O)O)c1cccc2c1Cc1ccccc1-2. The number of ketones is 1. The minimum atomic E-state index is -2.11. The van der Waals surface area contributed by atoms with E-state index in [1.165, 1.54) is 0 Å². The van der Waals surface area contributed by atoms with Gasteiger partial charge in [0.15, 0.2) is 5.78 Å². The fraction of sp³-hybridized carbons (Fsp3) is 0.227. The fourth-order valence-corrected chi connectivity index (χ4v) is 4.22. The second kappa shape index (κ2) is 7.40. The zero-order valence-electron chi connectivity index (χ0n) is 15.1.